The molecular formula is C13H17ClN2O. The van der Waals surface area contributed by atoms with Gasteiger partial charge in [-0.3, -0.25) is 4.79 Å². The smallest absolute Gasteiger partial charge is 0.227 e. The van der Waals surface area contributed by atoms with E-state index in [1.807, 2.05) is 17.9 Å². The fourth-order valence-electron chi connectivity index (χ4n) is 2.32. The number of amides is 1. The molecule has 1 saturated heterocycles. The van der Waals surface area contributed by atoms with E-state index in [1.54, 1.807) is 6.07 Å². The van der Waals surface area contributed by atoms with E-state index in [0.717, 1.165) is 11.3 Å². The van der Waals surface area contributed by atoms with Crippen molar-refractivity contribution in [2.45, 2.75) is 33.2 Å². The van der Waals surface area contributed by atoms with Crippen LogP contribution in [0.25, 0.3) is 0 Å². The van der Waals surface area contributed by atoms with Gasteiger partial charge >= 0.3 is 0 Å². The molecule has 1 aliphatic heterocycles. The Kier molecular flexibility index (Phi) is 3.04. The highest BCUT2D eigenvalue weighted by Crippen LogP contribution is 2.35. The number of hydrogen-bond donors (Lipinski definition) is 1. The van der Waals surface area contributed by atoms with Crippen LogP contribution >= 0.6 is 11.6 Å². The van der Waals surface area contributed by atoms with Gasteiger partial charge in [-0.25, -0.2) is 0 Å². The Labute approximate surface area is 107 Å². The number of nitrogens with two attached hydrogens (primary N) is 1. The summed E-state index contributed by atoms with van der Waals surface area (Å²) in [5.41, 5.74) is 8.20. The van der Waals surface area contributed by atoms with E-state index in [9.17, 15) is 4.79 Å². The van der Waals surface area contributed by atoms with Crippen LogP contribution in [0.1, 0.15) is 25.8 Å². The number of carbonyl (C=O) groups is 1. The van der Waals surface area contributed by atoms with E-state index in [2.05, 4.69) is 13.8 Å². The van der Waals surface area contributed by atoms with Gasteiger partial charge < -0.3 is 10.6 Å². The molecule has 1 aromatic rings. The fraction of sp³-hybridized carbons (Fsp3) is 0.462. The van der Waals surface area contributed by atoms with E-state index in [0.29, 0.717) is 23.0 Å². The number of hydrogen-bond acceptors (Lipinski definition) is 2. The summed E-state index contributed by atoms with van der Waals surface area (Å²) in [7, 11) is 0. The molecule has 1 aliphatic rings. The van der Waals surface area contributed by atoms with Gasteiger partial charge in [0.1, 0.15) is 0 Å². The number of halogens is 1. The average molecular weight is 253 g/mol. The van der Waals surface area contributed by atoms with Crippen molar-refractivity contribution < 1.29 is 4.79 Å². The van der Waals surface area contributed by atoms with Gasteiger partial charge in [0.05, 0.1) is 10.7 Å². The van der Waals surface area contributed by atoms with E-state index in [1.165, 1.54) is 0 Å². The van der Waals surface area contributed by atoms with Crippen LogP contribution in [0.3, 0.4) is 0 Å². The number of aryl methyl sites for hydroxylation is 1. The molecule has 1 heterocycles. The number of rotatable bonds is 1. The number of nitrogens with zero attached hydrogens (tertiary/aromatic N) is 1. The lowest BCUT2D eigenvalue weighted by atomic mass is 10.0. The van der Waals surface area contributed by atoms with Gasteiger partial charge in [-0.15, -0.1) is 0 Å². The van der Waals surface area contributed by atoms with Crippen molar-refractivity contribution >= 4 is 28.9 Å². The second-order valence-electron chi connectivity index (χ2n) is 4.85. The van der Waals surface area contributed by atoms with Gasteiger partial charge in [0.2, 0.25) is 5.91 Å². The molecule has 17 heavy (non-hydrogen) atoms. The molecule has 0 spiro atoms. The molecule has 1 aromatic carbocycles. The summed E-state index contributed by atoms with van der Waals surface area (Å²) >= 11 is 5.97. The van der Waals surface area contributed by atoms with Crippen molar-refractivity contribution in [3.05, 3.63) is 22.7 Å². The summed E-state index contributed by atoms with van der Waals surface area (Å²) in [5, 5.41) is 0.540. The Morgan fingerprint density at radius 1 is 1.41 bits per heavy atom. The molecule has 0 aromatic heterocycles. The molecule has 2 rings (SSSR count). The van der Waals surface area contributed by atoms with Crippen LogP contribution in [0.5, 0.6) is 0 Å². The summed E-state index contributed by atoms with van der Waals surface area (Å²) < 4.78 is 0. The van der Waals surface area contributed by atoms with Crippen molar-refractivity contribution in [1.29, 1.82) is 0 Å². The minimum Gasteiger partial charge on any atom is -0.397 e. The Balaban J connectivity index is 2.47. The van der Waals surface area contributed by atoms with Crippen molar-refractivity contribution in [3.63, 3.8) is 0 Å². The lowest BCUT2D eigenvalue weighted by molar-refractivity contribution is -0.117. The molecule has 2 unspecified atom stereocenters. The highest BCUT2D eigenvalue weighted by molar-refractivity contribution is 6.33. The van der Waals surface area contributed by atoms with Gasteiger partial charge in [0, 0.05) is 18.2 Å². The zero-order valence-corrected chi connectivity index (χ0v) is 11.1. The van der Waals surface area contributed by atoms with Crippen LogP contribution in [0, 0.1) is 12.8 Å². The lowest BCUT2D eigenvalue weighted by Gasteiger charge is -2.25. The molecule has 2 N–H and O–H groups in total. The molecule has 0 saturated carbocycles. The normalized spacial score (nSPS) is 24.5. The number of benzene rings is 1. The van der Waals surface area contributed by atoms with Gasteiger partial charge in [-0.05, 0) is 37.5 Å². The quantitative estimate of drug-likeness (QED) is 0.781. The van der Waals surface area contributed by atoms with Crippen molar-refractivity contribution in [3.8, 4) is 0 Å². The summed E-state index contributed by atoms with van der Waals surface area (Å²) in [4.78, 5) is 13.8. The first kappa shape index (κ1) is 12.2. The molecule has 92 valence electrons. The van der Waals surface area contributed by atoms with Crippen LogP contribution in [0.15, 0.2) is 12.1 Å². The second-order valence-corrected chi connectivity index (χ2v) is 5.25. The molecule has 2 atom stereocenters. The Morgan fingerprint density at radius 3 is 2.59 bits per heavy atom. The van der Waals surface area contributed by atoms with E-state index >= 15 is 0 Å². The van der Waals surface area contributed by atoms with Gasteiger partial charge in [0.25, 0.3) is 0 Å². The van der Waals surface area contributed by atoms with Crippen molar-refractivity contribution in [1.82, 2.24) is 0 Å². The van der Waals surface area contributed by atoms with Crippen molar-refractivity contribution in [2.75, 3.05) is 10.6 Å². The monoisotopic (exact) mass is 252 g/mol. The highest BCUT2D eigenvalue weighted by atomic mass is 35.5. The summed E-state index contributed by atoms with van der Waals surface area (Å²) in [5.74, 6) is 0.536. The van der Waals surface area contributed by atoms with Gasteiger partial charge in [-0.1, -0.05) is 18.5 Å². The number of nitrogen functional groups attached to an aromatic ring is 1. The maximum atomic E-state index is 12.0. The molecule has 0 aliphatic carbocycles. The van der Waals surface area contributed by atoms with E-state index in [-0.39, 0.29) is 11.9 Å². The largest absolute Gasteiger partial charge is 0.397 e. The van der Waals surface area contributed by atoms with Crippen LogP contribution in [-0.4, -0.2) is 11.9 Å². The third kappa shape index (κ3) is 2.00. The van der Waals surface area contributed by atoms with Crippen LogP contribution in [-0.2, 0) is 4.79 Å². The van der Waals surface area contributed by atoms with Crippen LogP contribution in [0.4, 0.5) is 11.4 Å². The van der Waals surface area contributed by atoms with Crippen molar-refractivity contribution in [2.24, 2.45) is 5.92 Å². The Hall–Kier alpha value is -1.22. The zero-order valence-electron chi connectivity index (χ0n) is 10.3. The van der Waals surface area contributed by atoms with E-state index < -0.39 is 0 Å². The first-order valence-electron chi connectivity index (χ1n) is 5.79. The third-order valence-corrected chi connectivity index (χ3v) is 3.90. The first-order chi connectivity index (χ1) is 7.91. The van der Waals surface area contributed by atoms with Gasteiger partial charge in [0.15, 0.2) is 0 Å². The third-order valence-electron chi connectivity index (χ3n) is 3.57. The summed E-state index contributed by atoms with van der Waals surface area (Å²) in [6.07, 6.45) is 0.600. The van der Waals surface area contributed by atoms with Gasteiger partial charge in [-0.2, -0.15) is 0 Å². The highest BCUT2D eigenvalue weighted by Gasteiger charge is 2.35. The molecule has 3 nitrogen and oxygen atoms in total. The summed E-state index contributed by atoms with van der Waals surface area (Å²) in [6, 6.07) is 3.82. The molecule has 0 bridgehead atoms. The van der Waals surface area contributed by atoms with Crippen LogP contribution < -0.4 is 10.6 Å². The minimum atomic E-state index is 0.162. The Bertz CT molecular complexity index is 473. The SMILES string of the molecule is Cc1cc(Cl)c(N)cc1N1C(=O)CC(C)C1C. The van der Waals surface area contributed by atoms with E-state index in [4.69, 9.17) is 17.3 Å². The summed E-state index contributed by atoms with van der Waals surface area (Å²) in [6.45, 7) is 6.11. The molecular weight excluding hydrogens is 236 g/mol. The molecule has 1 amide bonds. The zero-order chi connectivity index (χ0) is 12.7. The predicted molar refractivity (Wildman–Crippen MR) is 71.3 cm³/mol. The minimum absolute atomic E-state index is 0.162. The second kappa shape index (κ2) is 4.22. The van der Waals surface area contributed by atoms with Crippen LogP contribution in [0.2, 0.25) is 5.02 Å². The first-order valence-corrected chi connectivity index (χ1v) is 6.17. The molecule has 1 fully saturated rings. The molecule has 4 heteroatoms. The number of carbonyl (C=O) groups excluding carboxylic acids is 1. The maximum Gasteiger partial charge on any atom is 0.227 e. The Morgan fingerprint density at radius 2 is 2.06 bits per heavy atom. The standard InChI is InChI=1S/C13H17ClN2O/c1-7-5-13(17)16(9(7)3)12-6-11(15)10(14)4-8(12)2/h4,6-7,9H,5,15H2,1-3H3. The number of anilines is 2. The fourth-order valence-corrected chi connectivity index (χ4v) is 2.53. The molecule has 0 radical (unpaired) electrons. The maximum absolute atomic E-state index is 12.0. The lowest BCUT2D eigenvalue weighted by Crippen LogP contribution is -2.33. The predicted octanol–water partition coefficient (Wildman–Crippen LogP) is 2.99. The average Bonchev–Trinajstić information content (AvgIpc) is 2.48. The topological polar surface area (TPSA) is 46.3 Å².